The minimum atomic E-state index is -0.262. The molecular weight excluding hydrogens is 402 g/mol. The maximum Gasteiger partial charge on any atom is 0.255 e. The monoisotopic (exact) mass is 425 g/mol. The van der Waals surface area contributed by atoms with E-state index in [4.69, 9.17) is 4.74 Å². The van der Waals surface area contributed by atoms with E-state index < -0.39 is 0 Å². The number of rotatable bonds is 6. The Morgan fingerprint density at radius 2 is 1.44 bits per heavy atom. The first-order valence-corrected chi connectivity index (χ1v) is 10.1. The molecular formula is C26H23N3O3. The van der Waals surface area contributed by atoms with Crippen molar-refractivity contribution in [2.45, 2.75) is 6.92 Å². The molecule has 2 amide bonds. The van der Waals surface area contributed by atoms with Crippen LogP contribution in [0, 0.1) is 6.92 Å². The summed E-state index contributed by atoms with van der Waals surface area (Å²) in [7, 11) is 1.55. The molecule has 0 unspecified atom stereocenters. The second-order valence-corrected chi connectivity index (χ2v) is 7.28. The minimum absolute atomic E-state index is 0.218. The Hall–Kier alpha value is -4.32. The lowest BCUT2D eigenvalue weighted by Gasteiger charge is -2.12. The maximum atomic E-state index is 12.8. The lowest BCUT2D eigenvalue weighted by atomic mass is 10.1. The van der Waals surface area contributed by atoms with Gasteiger partial charge in [0.15, 0.2) is 0 Å². The molecule has 0 aliphatic heterocycles. The Labute approximate surface area is 186 Å². The van der Waals surface area contributed by atoms with E-state index in [1.165, 1.54) is 0 Å². The molecule has 0 spiro atoms. The minimum Gasteiger partial charge on any atom is -0.495 e. The van der Waals surface area contributed by atoms with Gasteiger partial charge >= 0.3 is 0 Å². The number of aryl methyl sites for hydroxylation is 1. The zero-order chi connectivity index (χ0) is 22.5. The summed E-state index contributed by atoms with van der Waals surface area (Å²) in [5.41, 5.74) is 4.24. The van der Waals surface area contributed by atoms with E-state index in [1.807, 2.05) is 60.3 Å². The first-order valence-electron chi connectivity index (χ1n) is 10.1. The van der Waals surface area contributed by atoms with E-state index in [0.717, 1.165) is 11.3 Å². The second-order valence-electron chi connectivity index (χ2n) is 7.28. The Bertz CT molecular complexity index is 1250. The summed E-state index contributed by atoms with van der Waals surface area (Å²) in [5, 5.41) is 5.72. The Balaban J connectivity index is 1.45. The third-order valence-corrected chi connectivity index (χ3v) is 5.11. The molecule has 0 atom stereocenters. The lowest BCUT2D eigenvalue weighted by molar-refractivity contribution is 0.101. The number of aromatic nitrogens is 1. The molecule has 3 aromatic carbocycles. The highest BCUT2D eigenvalue weighted by Crippen LogP contribution is 2.24. The molecule has 32 heavy (non-hydrogen) atoms. The highest BCUT2D eigenvalue weighted by molar-refractivity contribution is 6.07. The number of para-hydroxylation sites is 2. The molecule has 0 bridgehead atoms. The van der Waals surface area contributed by atoms with Crippen LogP contribution in [0.2, 0.25) is 0 Å². The first kappa shape index (κ1) is 20.9. The number of carbonyl (C=O) groups excluding carboxylic acids is 2. The maximum absolute atomic E-state index is 12.8. The topological polar surface area (TPSA) is 72.4 Å². The van der Waals surface area contributed by atoms with Crippen molar-refractivity contribution in [3.63, 3.8) is 0 Å². The number of amides is 2. The van der Waals surface area contributed by atoms with Crippen LogP contribution in [0.3, 0.4) is 0 Å². The number of nitrogens with one attached hydrogen (secondary N) is 2. The second kappa shape index (κ2) is 9.22. The number of benzene rings is 3. The number of carbonyl (C=O) groups is 2. The molecule has 0 aliphatic carbocycles. The highest BCUT2D eigenvalue weighted by Gasteiger charge is 2.12. The standard InChI is InChI=1S/C26H23N3O3/c1-18-9-10-20(17-23(18)29-15-5-6-16-29)26(31)27-21-13-11-19(12-14-21)25(30)28-22-7-3-4-8-24(22)32-2/h3-17H,1-2H3,(H,27,31)(H,28,30). The van der Waals surface area contributed by atoms with Crippen LogP contribution in [-0.2, 0) is 0 Å². The molecule has 0 fully saturated rings. The molecule has 160 valence electrons. The Morgan fingerprint density at radius 1 is 0.781 bits per heavy atom. The lowest BCUT2D eigenvalue weighted by Crippen LogP contribution is -2.14. The summed E-state index contributed by atoms with van der Waals surface area (Å²) in [6, 6.07) is 23.4. The van der Waals surface area contributed by atoms with Gasteiger partial charge in [0.2, 0.25) is 0 Å². The van der Waals surface area contributed by atoms with Gasteiger partial charge in [-0.2, -0.15) is 0 Å². The van der Waals surface area contributed by atoms with E-state index in [0.29, 0.717) is 28.3 Å². The van der Waals surface area contributed by atoms with Crippen molar-refractivity contribution in [3.8, 4) is 11.4 Å². The molecule has 1 heterocycles. The molecule has 1 aromatic heterocycles. The van der Waals surface area contributed by atoms with Crippen LogP contribution in [0.4, 0.5) is 11.4 Å². The normalized spacial score (nSPS) is 10.4. The number of nitrogens with zero attached hydrogens (tertiary/aromatic N) is 1. The van der Waals surface area contributed by atoms with Crippen LogP contribution in [0.1, 0.15) is 26.3 Å². The van der Waals surface area contributed by atoms with Gasteiger partial charge in [0.05, 0.1) is 12.8 Å². The van der Waals surface area contributed by atoms with E-state index in [-0.39, 0.29) is 11.8 Å². The van der Waals surface area contributed by atoms with Crippen molar-refractivity contribution in [1.29, 1.82) is 0 Å². The molecule has 0 radical (unpaired) electrons. The molecule has 4 rings (SSSR count). The van der Waals surface area contributed by atoms with Gasteiger partial charge in [-0.15, -0.1) is 0 Å². The third kappa shape index (κ3) is 4.54. The van der Waals surface area contributed by atoms with Crippen LogP contribution in [0.25, 0.3) is 5.69 Å². The van der Waals surface area contributed by atoms with Crippen LogP contribution >= 0.6 is 0 Å². The Morgan fingerprint density at radius 3 is 2.16 bits per heavy atom. The van der Waals surface area contributed by atoms with Gasteiger partial charge in [0.1, 0.15) is 5.75 Å². The molecule has 0 aliphatic rings. The van der Waals surface area contributed by atoms with Gasteiger partial charge in [-0.25, -0.2) is 0 Å². The van der Waals surface area contributed by atoms with Gasteiger partial charge in [-0.1, -0.05) is 18.2 Å². The van der Waals surface area contributed by atoms with Crippen molar-refractivity contribution in [2.24, 2.45) is 0 Å². The zero-order valence-corrected chi connectivity index (χ0v) is 17.8. The molecule has 4 aromatic rings. The predicted molar refractivity (Wildman–Crippen MR) is 126 cm³/mol. The van der Waals surface area contributed by atoms with Crippen molar-refractivity contribution in [2.75, 3.05) is 17.7 Å². The van der Waals surface area contributed by atoms with E-state index in [2.05, 4.69) is 10.6 Å². The average Bonchev–Trinajstić information content (AvgIpc) is 3.35. The largest absolute Gasteiger partial charge is 0.495 e. The summed E-state index contributed by atoms with van der Waals surface area (Å²) >= 11 is 0. The SMILES string of the molecule is COc1ccccc1NC(=O)c1ccc(NC(=O)c2ccc(C)c(-n3cccc3)c2)cc1. The van der Waals surface area contributed by atoms with E-state index in [1.54, 1.807) is 49.6 Å². The van der Waals surface area contributed by atoms with Crippen LogP contribution in [-0.4, -0.2) is 23.5 Å². The smallest absolute Gasteiger partial charge is 0.255 e. The number of ether oxygens (including phenoxy) is 1. The molecule has 6 nitrogen and oxygen atoms in total. The van der Waals surface area contributed by atoms with Crippen LogP contribution in [0.5, 0.6) is 5.75 Å². The zero-order valence-electron chi connectivity index (χ0n) is 17.8. The van der Waals surface area contributed by atoms with Crippen molar-refractivity contribution < 1.29 is 14.3 Å². The fourth-order valence-electron chi connectivity index (χ4n) is 3.37. The molecule has 6 heteroatoms. The number of hydrogen-bond donors (Lipinski definition) is 2. The molecule has 0 saturated heterocycles. The van der Waals surface area contributed by atoms with Crippen molar-refractivity contribution >= 4 is 23.2 Å². The number of methoxy groups -OCH3 is 1. The highest BCUT2D eigenvalue weighted by atomic mass is 16.5. The fourth-order valence-corrected chi connectivity index (χ4v) is 3.37. The van der Waals surface area contributed by atoms with Gasteiger partial charge in [0.25, 0.3) is 11.8 Å². The number of anilines is 2. The van der Waals surface area contributed by atoms with Gasteiger partial charge in [-0.3, -0.25) is 9.59 Å². The van der Waals surface area contributed by atoms with Crippen molar-refractivity contribution in [3.05, 3.63) is 108 Å². The van der Waals surface area contributed by atoms with Crippen molar-refractivity contribution in [1.82, 2.24) is 4.57 Å². The van der Waals surface area contributed by atoms with Gasteiger partial charge < -0.3 is 19.9 Å². The third-order valence-electron chi connectivity index (χ3n) is 5.11. The fraction of sp³-hybridized carbons (Fsp3) is 0.0769. The van der Waals surface area contributed by atoms with E-state index >= 15 is 0 Å². The average molecular weight is 425 g/mol. The molecule has 2 N–H and O–H groups in total. The summed E-state index contributed by atoms with van der Waals surface area (Å²) in [6.07, 6.45) is 3.89. The van der Waals surface area contributed by atoms with Gasteiger partial charge in [0, 0.05) is 34.9 Å². The number of hydrogen-bond acceptors (Lipinski definition) is 3. The summed E-state index contributed by atoms with van der Waals surface area (Å²) in [4.78, 5) is 25.3. The predicted octanol–water partition coefficient (Wildman–Crippen LogP) is 5.30. The summed E-state index contributed by atoms with van der Waals surface area (Å²) in [5.74, 6) is 0.106. The van der Waals surface area contributed by atoms with Crippen LogP contribution in [0.15, 0.2) is 91.3 Å². The summed E-state index contributed by atoms with van der Waals surface area (Å²) < 4.78 is 7.24. The Kier molecular flexibility index (Phi) is 6.03. The first-order chi connectivity index (χ1) is 15.5. The van der Waals surface area contributed by atoms with Crippen LogP contribution < -0.4 is 15.4 Å². The van der Waals surface area contributed by atoms with Gasteiger partial charge in [-0.05, 0) is 73.2 Å². The summed E-state index contributed by atoms with van der Waals surface area (Å²) in [6.45, 7) is 2.01. The van der Waals surface area contributed by atoms with E-state index in [9.17, 15) is 9.59 Å². The molecule has 0 saturated carbocycles. The quantitative estimate of drug-likeness (QED) is 0.440.